The van der Waals surface area contributed by atoms with Crippen LogP contribution >= 0.6 is 0 Å². The van der Waals surface area contributed by atoms with Gasteiger partial charge in [-0.2, -0.15) is 13.2 Å². The lowest BCUT2D eigenvalue weighted by Gasteiger charge is -2.09. The summed E-state index contributed by atoms with van der Waals surface area (Å²) >= 11 is 0. The average Bonchev–Trinajstić information content (AvgIpc) is 2.68. The Morgan fingerprint density at radius 3 is 2.41 bits per heavy atom. The minimum absolute atomic E-state index is 0.00490. The number of alkyl halides is 3. The molecule has 0 saturated carbocycles. The van der Waals surface area contributed by atoms with Crippen molar-refractivity contribution in [1.82, 2.24) is 10.3 Å². The molecule has 8 heteroatoms. The highest BCUT2D eigenvalue weighted by Crippen LogP contribution is 2.30. The van der Waals surface area contributed by atoms with Gasteiger partial charge in [-0.25, -0.2) is 9.37 Å². The summed E-state index contributed by atoms with van der Waals surface area (Å²) in [5.74, 6) is -0.300. The lowest BCUT2D eigenvalue weighted by Crippen LogP contribution is -2.25. The van der Waals surface area contributed by atoms with Crippen LogP contribution in [0.1, 0.15) is 21.5 Å². The normalized spacial score (nSPS) is 11.2. The molecular weight excluding hydrogens is 388 g/mol. The van der Waals surface area contributed by atoms with Gasteiger partial charge in [-0.3, -0.25) is 4.79 Å². The van der Waals surface area contributed by atoms with Crippen molar-refractivity contribution in [1.29, 1.82) is 0 Å². The Hall–Kier alpha value is -3.42. The molecule has 0 atom stereocenters. The van der Waals surface area contributed by atoms with Crippen molar-refractivity contribution in [2.24, 2.45) is 0 Å². The van der Waals surface area contributed by atoms with E-state index >= 15 is 0 Å². The second kappa shape index (κ2) is 8.72. The number of nitrogens with zero attached hydrogens (tertiary/aromatic N) is 1. The molecule has 4 nitrogen and oxygen atoms in total. The lowest BCUT2D eigenvalue weighted by atomic mass is 10.1. The van der Waals surface area contributed by atoms with Crippen LogP contribution in [0.4, 0.5) is 17.6 Å². The molecule has 0 fully saturated rings. The fraction of sp³-hybridized carbons (Fsp3) is 0.143. The predicted octanol–water partition coefficient (Wildman–Crippen LogP) is 5.00. The summed E-state index contributed by atoms with van der Waals surface area (Å²) in [7, 11) is 0. The van der Waals surface area contributed by atoms with Gasteiger partial charge in [0, 0.05) is 24.4 Å². The molecule has 1 aromatic heterocycles. The molecule has 1 N–H and O–H groups in total. The molecule has 0 radical (unpaired) electrons. The summed E-state index contributed by atoms with van der Waals surface area (Å²) in [6.07, 6.45) is -3.28. The van der Waals surface area contributed by atoms with Crippen LogP contribution in [0.3, 0.4) is 0 Å². The zero-order valence-electron chi connectivity index (χ0n) is 15.0. The average molecular weight is 404 g/mol. The van der Waals surface area contributed by atoms with Gasteiger partial charge in [-0.1, -0.05) is 12.1 Å². The quantitative estimate of drug-likeness (QED) is 0.588. The number of pyridine rings is 1. The van der Waals surface area contributed by atoms with E-state index in [0.717, 1.165) is 17.7 Å². The van der Waals surface area contributed by atoms with E-state index in [9.17, 15) is 22.4 Å². The van der Waals surface area contributed by atoms with Crippen LogP contribution in [0.15, 0.2) is 66.9 Å². The first-order valence-electron chi connectivity index (χ1n) is 8.65. The van der Waals surface area contributed by atoms with Crippen molar-refractivity contribution in [3.8, 4) is 11.6 Å². The Balaban J connectivity index is 1.53. The number of rotatable bonds is 6. The van der Waals surface area contributed by atoms with E-state index in [1.54, 1.807) is 12.1 Å². The Morgan fingerprint density at radius 1 is 1.03 bits per heavy atom. The van der Waals surface area contributed by atoms with Crippen molar-refractivity contribution < 1.29 is 27.1 Å². The maximum atomic E-state index is 13.1. The van der Waals surface area contributed by atoms with Gasteiger partial charge < -0.3 is 10.1 Å². The molecule has 0 saturated heterocycles. The summed E-state index contributed by atoms with van der Waals surface area (Å²) in [4.78, 5) is 15.8. The molecule has 0 aliphatic rings. The Morgan fingerprint density at radius 2 is 1.79 bits per heavy atom. The highest BCUT2D eigenvalue weighted by Gasteiger charge is 2.30. The van der Waals surface area contributed by atoms with Crippen molar-refractivity contribution in [3.05, 3.63) is 89.4 Å². The fourth-order valence-corrected chi connectivity index (χ4v) is 2.52. The van der Waals surface area contributed by atoms with E-state index in [1.807, 2.05) is 0 Å². The number of carbonyl (C=O) groups is 1. The second-order valence-electron chi connectivity index (χ2n) is 6.15. The lowest BCUT2D eigenvalue weighted by molar-refractivity contribution is -0.137. The van der Waals surface area contributed by atoms with Crippen LogP contribution < -0.4 is 10.1 Å². The van der Waals surface area contributed by atoms with Crippen LogP contribution in [0.25, 0.3) is 0 Å². The summed E-state index contributed by atoms with van der Waals surface area (Å²) in [5.41, 5.74) is 0.296. The third-order valence-electron chi connectivity index (χ3n) is 3.99. The van der Waals surface area contributed by atoms with Crippen LogP contribution in [0.2, 0.25) is 0 Å². The molecular formula is C21H16F4N2O2. The van der Waals surface area contributed by atoms with E-state index < -0.39 is 11.7 Å². The highest BCUT2D eigenvalue weighted by molar-refractivity contribution is 5.94. The smallest absolute Gasteiger partial charge is 0.417 e. The van der Waals surface area contributed by atoms with Gasteiger partial charge >= 0.3 is 6.18 Å². The minimum atomic E-state index is -4.46. The zero-order valence-corrected chi connectivity index (χ0v) is 15.0. The highest BCUT2D eigenvalue weighted by atomic mass is 19.4. The van der Waals surface area contributed by atoms with Crippen molar-refractivity contribution >= 4 is 5.91 Å². The number of hydrogen-bond acceptors (Lipinski definition) is 3. The number of benzene rings is 2. The molecule has 0 aliphatic heterocycles. The molecule has 3 rings (SSSR count). The van der Waals surface area contributed by atoms with Gasteiger partial charge in [0.05, 0.1) is 5.56 Å². The molecule has 0 bridgehead atoms. The molecule has 2 aromatic carbocycles. The van der Waals surface area contributed by atoms with E-state index in [0.29, 0.717) is 30.5 Å². The Labute approximate surface area is 164 Å². The van der Waals surface area contributed by atoms with Crippen LogP contribution in [-0.2, 0) is 12.6 Å². The third-order valence-corrected chi connectivity index (χ3v) is 3.99. The topological polar surface area (TPSA) is 51.2 Å². The molecule has 0 spiro atoms. The van der Waals surface area contributed by atoms with Gasteiger partial charge in [0.1, 0.15) is 11.6 Å². The Kier molecular flexibility index (Phi) is 6.11. The number of ether oxygens (including phenoxy) is 1. The van der Waals surface area contributed by atoms with Crippen molar-refractivity contribution in [2.75, 3.05) is 6.54 Å². The summed E-state index contributed by atoms with van der Waals surface area (Å²) in [5, 5.41) is 2.74. The number of nitrogens with one attached hydrogen (secondary N) is 1. The van der Waals surface area contributed by atoms with E-state index in [4.69, 9.17) is 4.74 Å². The monoisotopic (exact) mass is 404 g/mol. The van der Waals surface area contributed by atoms with Crippen molar-refractivity contribution in [2.45, 2.75) is 12.6 Å². The van der Waals surface area contributed by atoms with Gasteiger partial charge in [-0.15, -0.1) is 0 Å². The van der Waals surface area contributed by atoms with Crippen LogP contribution in [0.5, 0.6) is 11.6 Å². The predicted molar refractivity (Wildman–Crippen MR) is 98.2 cm³/mol. The summed E-state index contributed by atoms with van der Waals surface area (Å²) in [6, 6.07) is 14.2. The first-order chi connectivity index (χ1) is 13.8. The maximum absolute atomic E-state index is 13.1. The number of amides is 1. The molecule has 3 aromatic rings. The zero-order chi connectivity index (χ0) is 20.9. The van der Waals surface area contributed by atoms with Gasteiger partial charge in [-0.05, 0) is 54.4 Å². The second-order valence-corrected chi connectivity index (χ2v) is 6.15. The van der Waals surface area contributed by atoms with Crippen LogP contribution in [0, 0.1) is 5.82 Å². The van der Waals surface area contributed by atoms with E-state index in [1.165, 1.54) is 36.4 Å². The van der Waals surface area contributed by atoms with E-state index in [-0.39, 0.29) is 17.6 Å². The number of hydrogen-bond donors (Lipinski definition) is 1. The number of carbonyl (C=O) groups excluding carboxylic acids is 1. The van der Waals surface area contributed by atoms with E-state index in [2.05, 4.69) is 10.3 Å². The summed E-state index contributed by atoms with van der Waals surface area (Å²) < 4.78 is 56.1. The maximum Gasteiger partial charge on any atom is 0.417 e. The molecule has 29 heavy (non-hydrogen) atoms. The Bertz CT molecular complexity index is 971. The fourth-order valence-electron chi connectivity index (χ4n) is 2.52. The molecule has 0 aliphatic carbocycles. The standard InChI is InChI=1S/C21H16F4N2O2/c22-17-3-1-2-14(12-17)10-11-26-20(28)15-4-7-18(8-5-15)29-19-9-6-16(13-27-19)21(23,24)25/h1-9,12-13H,10-11H2,(H,26,28). The third kappa shape index (κ3) is 5.78. The summed E-state index contributed by atoms with van der Waals surface area (Å²) in [6.45, 7) is 0.343. The van der Waals surface area contributed by atoms with Gasteiger partial charge in [0.2, 0.25) is 5.88 Å². The molecule has 1 amide bonds. The van der Waals surface area contributed by atoms with Crippen LogP contribution in [-0.4, -0.2) is 17.4 Å². The minimum Gasteiger partial charge on any atom is -0.439 e. The molecule has 1 heterocycles. The first kappa shape index (κ1) is 20.3. The van der Waals surface area contributed by atoms with Gasteiger partial charge in [0.25, 0.3) is 5.91 Å². The number of halogens is 4. The van der Waals surface area contributed by atoms with Crippen molar-refractivity contribution in [3.63, 3.8) is 0 Å². The number of aromatic nitrogens is 1. The SMILES string of the molecule is O=C(NCCc1cccc(F)c1)c1ccc(Oc2ccc(C(F)(F)F)cn2)cc1. The largest absolute Gasteiger partial charge is 0.439 e. The first-order valence-corrected chi connectivity index (χ1v) is 8.65. The molecule has 0 unspecified atom stereocenters. The molecule has 150 valence electrons. The van der Waals surface area contributed by atoms with Gasteiger partial charge in [0.15, 0.2) is 0 Å².